The number of benzene rings is 5. The second kappa shape index (κ2) is 13.5. The zero-order chi connectivity index (χ0) is 26.9. The highest BCUT2D eigenvalue weighted by atomic mass is 31.2. The molecule has 0 N–H and O–H groups in total. The summed E-state index contributed by atoms with van der Waals surface area (Å²) in [7, 11) is -6.44. The highest BCUT2D eigenvalue weighted by Crippen LogP contribution is 2.49. The maximum absolute atomic E-state index is 13.6. The third kappa shape index (κ3) is 7.97. The van der Waals surface area contributed by atoms with Crippen LogP contribution in [0.2, 0.25) is 0 Å². The normalized spacial score (nSPS) is 10.9. The van der Waals surface area contributed by atoms with E-state index in [1.165, 1.54) is 0 Å². The van der Waals surface area contributed by atoms with Crippen LogP contribution >= 0.6 is 16.1 Å². The lowest BCUT2D eigenvalue weighted by molar-refractivity contribution is 0.298. The van der Waals surface area contributed by atoms with E-state index < -0.39 is 16.1 Å². The maximum atomic E-state index is 13.6. The minimum atomic E-state index is -4.07. The molecular weight excluding hydrogens is 546 g/mol. The molecule has 7 nitrogen and oxygen atoms in total. The molecule has 40 heavy (non-hydrogen) atoms. The van der Waals surface area contributed by atoms with Crippen molar-refractivity contribution in [3.05, 3.63) is 140 Å². The number of hydrogen-bond acceptors (Lipinski definition) is 7. The molecule has 0 aliphatic rings. The van der Waals surface area contributed by atoms with Crippen molar-refractivity contribution in [2.75, 3.05) is 0 Å². The van der Waals surface area contributed by atoms with Crippen LogP contribution in [-0.4, -0.2) is 0 Å². The Labute approximate surface area is 234 Å². The summed E-state index contributed by atoms with van der Waals surface area (Å²) in [4.78, 5) is 0. The van der Waals surface area contributed by atoms with Gasteiger partial charge in [-0.05, 0) is 71.8 Å². The highest BCUT2D eigenvalue weighted by Gasteiger charge is 2.33. The van der Waals surface area contributed by atoms with E-state index in [0.717, 1.165) is 11.1 Å². The fraction of sp³-hybridized carbons (Fsp3) is 0.0323. The number of hydrogen-bond donors (Lipinski definition) is 0. The van der Waals surface area contributed by atoms with Crippen LogP contribution in [0.1, 0.15) is 7.43 Å². The minimum absolute atomic E-state index is 0. The summed E-state index contributed by atoms with van der Waals surface area (Å²) in [5.41, 5.74) is 1.76. The minimum Gasteiger partial charge on any atom is -0.386 e. The molecule has 0 bridgehead atoms. The van der Waals surface area contributed by atoms with Gasteiger partial charge in [0.15, 0.2) is 11.5 Å². The second-order valence-electron chi connectivity index (χ2n) is 8.12. The molecule has 5 rings (SSSR count). The lowest BCUT2D eigenvalue weighted by Gasteiger charge is -2.19. The van der Waals surface area contributed by atoms with Gasteiger partial charge in [-0.25, -0.2) is 9.05 Å². The summed E-state index contributed by atoms with van der Waals surface area (Å²) in [5, 5.41) is 0. The Kier molecular flexibility index (Phi) is 9.58. The van der Waals surface area contributed by atoms with Crippen LogP contribution < -0.4 is 22.6 Å². The average molecular weight is 573 g/mol. The first-order chi connectivity index (χ1) is 19.0. The third-order valence-corrected chi connectivity index (χ3v) is 7.31. The van der Waals surface area contributed by atoms with E-state index in [9.17, 15) is 9.13 Å². The highest BCUT2D eigenvalue weighted by molar-refractivity contribution is 7.49. The van der Waals surface area contributed by atoms with E-state index in [1.54, 1.807) is 97.1 Å². The number of phosphoric ester groups is 1. The molecule has 0 aliphatic heterocycles. The molecule has 0 radical (unpaired) electrons. The van der Waals surface area contributed by atoms with Crippen molar-refractivity contribution in [1.82, 2.24) is 0 Å². The summed E-state index contributed by atoms with van der Waals surface area (Å²) in [6, 6.07) is 40.3. The van der Waals surface area contributed by atoms with Crippen molar-refractivity contribution in [2.45, 2.75) is 7.43 Å². The van der Waals surface area contributed by atoms with Crippen LogP contribution in [0.3, 0.4) is 0 Å². The van der Waals surface area contributed by atoms with E-state index in [2.05, 4.69) is 0 Å². The predicted molar refractivity (Wildman–Crippen MR) is 156 cm³/mol. The summed E-state index contributed by atoms with van der Waals surface area (Å²) in [6.07, 6.45) is 0. The SMILES string of the molecule is C.O=[P+](Oc1ccccc1)Oc1ccc(-c2ccc(OP(=O)(Oc3ccccc3)Oc3ccccc3)cc2)cc1. The van der Waals surface area contributed by atoms with Gasteiger partial charge in [-0.15, -0.1) is 0 Å². The van der Waals surface area contributed by atoms with Gasteiger partial charge in [-0.3, -0.25) is 0 Å². The molecule has 202 valence electrons. The van der Waals surface area contributed by atoms with Crippen LogP contribution in [0.5, 0.6) is 28.7 Å². The maximum Gasteiger partial charge on any atom is 0.805 e. The van der Waals surface area contributed by atoms with E-state index in [-0.39, 0.29) is 7.43 Å². The van der Waals surface area contributed by atoms with Crippen molar-refractivity contribution in [2.24, 2.45) is 0 Å². The van der Waals surface area contributed by atoms with E-state index >= 15 is 0 Å². The molecule has 0 aliphatic carbocycles. The monoisotopic (exact) mass is 573 g/mol. The molecule has 0 heterocycles. The standard InChI is InChI=1S/C30H23O7P2.CH4/c31-38(33-26-10-4-1-5-11-26)34-27-20-16-24(17-21-27)25-18-22-30(23-19-25)37-39(32,35-28-12-6-2-7-13-28)36-29-14-8-3-9-15-29;/h1-23H;1H4/q+1;. The fourth-order valence-corrected chi connectivity index (χ4v) is 5.37. The Morgan fingerprint density at radius 3 is 1.12 bits per heavy atom. The molecule has 5 aromatic rings. The van der Waals surface area contributed by atoms with Crippen molar-refractivity contribution in [3.8, 4) is 39.9 Å². The molecule has 5 aromatic carbocycles. The van der Waals surface area contributed by atoms with Gasteiger partial charge >= 0.3 is 16.1 Å². The van der Waals surface area contributed by atoms with Gasteiger partial charge in [0.2, 0.25) is 0 Å². The van der Waals surface area contributed by atoms with E-state index in [0.29, 0.717) is 28.7 Å². The molecule has 0 saturated carbocycles. The lowest BCUT2D eigenvalue weighted by Crippen LogP contribution is -2.07. The van der Waals surface area contributed by atoms with Crippen molar-refractivity contribution in [3.63, 3.8) is 0 Å². The molecule has 0 saturated heterocycles. The van der Waals surface area contributed by atoms with Crippen LogP contribution in [0.25, 0.3) is 11.1 Å². The first kappa shape index (κ1) is 28.4. The average Bonchev–Trinajstić information content (AvgIpc) is 2.95. The first-order valence-corrected chi connectivity index (χ1v) is 14.5. The van der Waals surface area contributed by atoms with Crippen molar-refractivity contribution < 1.29 is 31.7 Å². The second-order valence-corrected chi connectivity index (χ2v) is 10.4. The summed E-state index contributed by atoms with van der Waals surface area (Å²) >= 11 is 0. The third-order valence-electron chi connectivity index (χ3n) is 5.28. The van der Waals surface area contributed by atoms with Crippen LogP contribution in [0, 0.1) is 0 Å². The summed E-state index contributed by atoms with van der Waals surface area (Å²) in [5.74, 6) is 1.89. The molecular formula is C31H27O7P2+. The zero-order valence-corrected chi connectivity index (χ0v) is 22.3. The Morgan fingerprint density at radius 2 is 0.725 bits per heavy atom. The molecule has 0 spiro atoms. The van der Waals surface area contributed by atoms with Gasteiger partial charge in [-0.2, -0.15) is 4.57 Å². The Morgan fingerprint density at radius 1 is 0.425 bits per heavy atom. The molecule has 1 atom stereocenters. The van der Waals surface area contributed by atoms with Gasteiger partial charge in [0.1, 0.15) is 17.2 Å². The molecule has 9 heteroatoms. The van der Waals surface area contributed by atoms with Gasteiger partial charge in [0.25, 0.3) is 0 Å². The van der Waals surface area contributed by atoms with Crippen molar-refractivity contribution >= 4 is 16.1 Å². The first-order valence-electron chi connectivity index (χ1n) is 11.9. The Balaban J connectivity index is 0.00000370. The smallest absolute Gasteiger partial charge is 0.386 e. The predicted octanol–water partition coefficient (Wildman–Crippen LogP) is 9.75. The fourth-order valence-electron chi connectivity index (χ4n) is 3.49. The Hall–Kier alpha value is -4.57. The number of para-hydroxylation sites is 3. The Bertz CT molecular complexity index is 1500. The van der Waals surface area contributed by atoms with Crippen molar-refractivity contribution in [1.29, 1.82) is 0 Å². The van der Waals surface area contributed by atoms with Gasteiger partial charge in [-0.1, -0.05) is 86.3 Å². The van der Waals surface area contributed by atoms with Gasteiger partial charge in [0.05, 0.1) is 0 Å². The van der Waals surface area contributed by atoms with Gasteiger partial charge < -0.3 is 13.6 Å². The zero-order valence-electron chi connectivity index (χ0n) is 20.5. The van der Waals surface area contributed by atoms with E-state index in [1.807, 2.05) is 42.5 Å². The van der Waals surface area contributed by atoms with Crippen LogP contribution in [0.4, 0.5) is 0 Å². The number of rotatable bonds is 11. The summed E-state index contributed by atoms with van der Waals surface area (Å²) < 4.78 is 53.5. The van der Waals surface area contributed by atoms with E-state index in [4.69, 9.17) is 22.6 Å². The molecule has 0 fully saturated rings. The summed E-state index contributed by atoms with van der Waals surface area (Å²) in [6.45, 7) is 0. The van der Waals surface area contributed by atoms with Crippen LogP contribution in [-0.2, 0) is 9.13 Å². The molecule has 0 amide bonds. The lowest BCUT2D eigenvalue weighted by atomic mass is 10.1. The topological polar surface area (TPSA) is 80.3 Å². The van der Waals surface area contributed by atoms with Crippen LogP contribution in [0.15, 0.2) is 140 Å². The molecule has 1 unspecified atom stereocenters. The number of phosphoric acid groups is 1. The quantitative estimate of drug-likeness (QED) is 0.146. The molecule has 0 aromatic heterocycles. The van der Waals surface area contributed by atoms with Gasteiger partial charge in [0, 0.05) is 4.57 Å². The largest absolute Gasteiger partial charge is 0.805 e.